The molecule has 0 saturated heterocycles. The normalized spacial score (nSPS) is 12.1. The molecular weight excluding hydrogens is 186 g/mol. The number of nitrogens with zero attached hydrogens (tertiary/aromatic N) is 1. The van der Waals surface area contributed by atoms with Gasteiger partial charge in [0, 0.05) is 0 Å². The summed E-state index contributed by atoms with van der Waals surface area (Å²) in [6.45, 7) is 2.00. The fourth-order valence-electron chi connectivity index (χ4n) is 1.02. The second kappa shape index (κ2) is 4.74. The number of rotatable bonds is 3. The van der Waals surface area contributed by atoms with Crippen molar-refractivity contribution < 1.29 is 4.42 Å². The summed E-state index contributed by atoms with van der Waals surface area (Å²) in [5.41, 5.74) is 0.583. The maximum Gasteiger partial charge on any atom is 0.146 e. The lowest BCUT2D eigenvalue weighted by Crippen LogP contribution is -1.82. The summed E-state index contributed by atoms with van der Waals surface area (Å²) in [7, 11) is 0. The summed E-state index contributed by atoms with van der Waals surface area (Å²) in [4.78, 5) is 0. The van der Waals surface area contributed by atoms with Gasteiger partial charge in [0.1, 0.15) is 5.76 Å². The van der Waals surface area contributed by atoms with Crippen LogP contribution in [-0.2, 0) is 0 Å². The SMILES string of the molecule is CCCC(C#N)=C(Cl)c1ccco1. The van der Waals surface area contributed by atoms with Crippen LogP contribution >= 0.6 is 11.6 Å². The van der Waals surface area contributed by atoms with E-state index in [9.17, 15) is 0 Å². The summed E-state index contributed by atoms with van der Waals surface area (Å²) in [5, 5.41) is 9.22. The van der Waals surface area contributed by atoms with E-state index < -0.39 is 0 Å². The van der Waals surface area contributed by atoms with Crippen molar-refractivity contribution in [3.05, 3.63) is 29.7 Å². The summed E-state index contributed by atoms with van der Waals surface area (Å²) in [5.74, 6) is 0.562. The van der Waals surface area contributed by atoms with Crippen molar-refractivity contribution in [3.63, 3.8) is 0 Å². The van der Waals surface area contributed by atoms with Crippen molar-refractivity contribution in [2.45, 2.75) is 19.8 Å². The van der Waals surface area contributed by atoms with Crippen molar-refractivity contribution in [3.8, 4) is 6.07 Å². The highest BCUT2D eigenvalue weighted by molar-refractivity contribution is 6.49. The van der Waals surface area contributed by atoms with Crippen molar-refractivity contribution >= 4 is 16.6 Å². The summed E-state index contributed by atoms with van der Waals surface area (Å²) >= 11 is 5.96. The molecule has 0 unspecified atom stereocenters. The molecule has 0 aliphatic rings. The third-order valence-corrected chi connectivity index (χ3v) is 2.05. The molecule has 0 saturated carbocycles. The first-order valence-corrected chi connectivity index (χ1v) is 4.50. The molecule has 0 bridgehead atoms. The second-order valence-electron chi connectivity index (χ2n) is 2.63. The Morgan fingerprint density at radius 2 is 2.46 bits per heavy atom. The highest BCUT2D eigenvalue weighted by Crippen LogP contribution is 2.25. The monoisotopic (exact) mass is 195 g/mol. The number of nitriles is 1. The highest BCUT2D eigenvalue weighted by Gasteiger charge is 2.07. The molecule has 0 fully saturated rings. The van der Waals surface area contributed by atoms with Crippen molar-refractivity contribution in [1.29, 1.82) is 5.26 Å². The molecule has 1 aromatic rings. The summed E-state index contributed by atoms with van der Waals surface area (Å²) < 4.78 is 5.08. The Hall–Kier alpha value is -1.20. The van der Waals surface area contributed by atoms with Gasteiger partial charge in [0.2, 0.25) is 0 Å². The van der Waals surface area contributed by atoms with Gasteiger partial charge in [-0.25, -0.2) is 0 Å². The van der Waals surface area contributed by atoms with Crippen LogP contribution in [0.25, 0.3) is 5.03 Å². The first-order chi connectivity index (χ1) is 6.29. The van der Waals surface area contributed by atoms with Crippen LogP contribution in [0.2, 0.25) is 0 Å². The standard InChI is InChI=1S/C10H10ClNO/c1-2-4-8(7-12)10(11)9-5-3-6-13-9/h3,5-6H,2,4H2,1H3. The van der Waals surface area contributed by atoms with Gasteiger partial charge in [-0.05, 0) is 18.6 Å². The first-order valence-electron chi connectivity index (χ1n) is 4.12. The molecule has 0 atom stereocenters. The maximum absolute atomic E-state index is 8.79. The largest absolute Gasteiger partial charge is 0.463 e. The highest BCUT2D eigenvalue weighted by atomic mass is 35.5. The Labute approximate surface area is 82.4 Å². The quantitative estimate of drug-likeness (QED) is 0.692. The van der Waals surface area contributed by atoms with Crippen LogP contribution in [0.1, 0.15) is 25.5 Å². The maximum atomic E-state index is 8.79. The van der Waals surface area contributed by atoms with E-state index in [1.165, 1.54) is 0 Å². The van der Waals surface area contributed by atoms with E-state index in [-0.39, 0.29) is 0 Å². The molecule has 1 rings (SSSR count). The Kier molecular flexibility index (Phi) is 3.60. The second-order valence-corrected chi connectivity index (χ2v) is 3.01. The van der Waals surface area contributed by atoms with Crippen molar-refractivity contribution in [2.75, 3.05) is 0 Å². The van der Waals surface area contributed by atoms with Gasteiger partial charge in [-0.2, -0.15) is 5.26 Å². The molecule has 0 aliphatic carbocycles. The van der Waals surface area contributed by atoms with Crippen LogP contribution in [0, 0.1) is 11.3 Å². The van der Waals surface area contributed by atoms with E-state index in [1.54, 1.807) is 18.4 Å². The van der Waals surface area contributed by atoms with Gasteiger partial charge in [0.05, 0.1) is 22.9 Å². The predicted octanol–water partition coefficient (Wildman–Crippen LogP) is 3.55. The number of allylic oxidation sites excluding steroid dienone is 1. The summed E-state index contributed by atoms with van der Waals surface area (Å²) in [6.07, 6.45) is 3.13. The van der Waals surface area contributed by atoms with Gasteiger partial charge in [0.25, 0.3) is 0 Å². The minimum atomic E-state index is 0.425. The number of halogens is 1. The van der Waals surface area contributed by atoms with E-state index in [0.29, 0.717) is 22.8 Å². The van der Waals surface area contributed by atoms with Crippen molar-refractivity contribution in [1.82, 2.24) is 0 Å². The van der Waals surface area contributed by atoms with Crippen LogP contribution in [0.5, 0.6) is 0 Å². The van der Waals surface area contributed by atoms with E-state index >= 15 is 0 Å². The van der Waals surface area contributed by atoms with Crippen LogP contribution in [0.4, 0.5) is 0 Å². The zero-order valence-corrected chi connectivity index (χ0v) is 8.14. The van der Waals surface area contributed by atoms with Crippen molar-refractivity contribution in [2.24, 2.45) is 0 Å². The van der Waals surface area contributed by atoms with Gasteiger partial charge in [0.15, 0.2) is 0 Å². The van der Waals surface area contributed by atoms with E-state index in [1.807, 2.05) is 6.92 Å². The fourth-order valence-corrected chi connectivity index (χ4v) is 1.26. The molecule has 3 heteroatoms. The van der Waals surface area contributed by atoms with E-state index in [0.717, 1.165) is 6.42 Å². The lowest BCUT2D eigenvalue weighted by atomic mass is 10.1. The molecule has 1 heterocycles. The number of furan rings is 1. The Bertz CT molecular complexity index is 332. The Morgan fingerprint density at radius 1 is 1.69 bits per heavy atom. The first kappa shape index (κ1) is 9.88. The van der Waals surface area contributed by atoms with Gasteiger partial charge < -0.3 is 4.42 Å². The molecule has 13 heavy (non-hydrogen) atoms. The molecular formula is C10H10ClNO. The third-order valence-electron chi connectivity index (χ3n) is 1.64. The lowest BCUT2D eigenvalue weighted by Gasteiger charge is -1.97. The molecule has 0 aliphatic heterocycles. The van der Waals surface area contributed by atoms with Crippen LogP contribution in [0.15, 0.2) is 28.4 Å². The van der Waals surface area contributed by atoms with E-state index in [4.69, 9.17) is 21.3 Å². The van der Waals surface area contributed by atoms with Gasteiger partial charge >= 0.3 is 0 Å². The van der Waals surface area contributed by atoms with Crippen LogP contribution < -0.4 is 0 Å². The van der Waals surface area contributed by atoms with Gasteiger partial charge in [-0.3, -0.25) is 0 Å². The molecule has 0 N–H and O–H groups in total. The van der Waals surface area contributed by atoms with Gasteiger partial charge in [-0.15, -0.1) is 0 Å². The Morgan fingerprint density at radius 3 is 2.92 bits per heavy atom. The molecule has 1 aromatic heterocycles. The van der Waals surface area contributed by atoms with E-state index in [2.05, 4.69) is 6.07 Å². The van der Waals surface area contributed by atoms with Crippen LogP contribution in [0.3, 0.4) is 0 Å². The lowest BCUT2D eigenvalue weighted by molar-refractivity contribution is 0.555. The van der Waals surface area contributed by atoms with Crippen LogP contribution in [-0.4, -0.2) is 0 Å². The zero-order chi connectivity index (χ0) is 9.68. The smallest absolute Gasteiger partial charge is 0.146 e. The summed E-state index contributed by atoms with van der Waals surface area (Å²) in [6, 6.07) is 5.57. The predicted molar refractivity (Wildman–Crippen MR) is 52.0 cm³/mol. The molecule has 68 valence electrons. The average Bonchev–Trinajstić information content (AvgIpc) is 2.65. The minimum absolute atomic E-state index is 0.425. The molecule has 2 nitrogen and oxygen atoms in total. The third kappa shape index (κ3) is 2.37. The molecule has 0 spiro atoms. The molecule has 0 radical (unpaired) electrons. The molecule has 0 aromatic carbocycles. The minimum Gasteiger partial charge on any atom is -0.463 e. The molecule has 0 amide bonds. The fraction of sp³-hybridized carbons (Fsp3) is 0.300. The average molecular weight is 196 g/mol. The van der Waals surface area contributed by atoms with Gasteiger partial charge in [-0.1, -0.05) is 24.9 Å². The topological polar surface area (TPSA) is 36.9 Å². The number of hydrogen-bond donors (Lipinski definition) is 0. The number of hydrogen-bond acceptors (Lipinski definition) is 2. The Balaban J connectivity index is 2.96. The zero-order valence-electron chi connectivity index (χ0n) is 7.38.